The molecule has 0 unspecified atom stereocenters. The van der Waals surface area contributed by atoms with Crippen LogP contribution in [0.25, 0.3) is 10.9 Å². The molecule has 3 nitrogen and oxygen atoms in total. The van der Waals surface area contributed by atoms with E-state index in [1.807, 2.05) is 30.5 Å². The Morgan fingerprint density at radius 1 is 1.18 bits per heavy atom. The molecule has 0 spiro atoms. The highest BCUT2D eigenvalue weighted by atomic mass is 15.0. The number of nitrogen functional groups attached to an aromatic ring is 1. The van der Waals surface area contributed by atoms with E-state index >= 15 is 0 Å². The van der Waals surface area contributed by atoms with E-state index in [0.29, 0.717) is 0 Å². The third-order valence-electron chi connectivity index (χ3n) is 2.87. The smallest absolute Gasteiger partial charge is 0.0504 e. The third kappa shape index (κ3) is 1.87. The van der Waals surface area contributed by atoms with Crippen LogP contribution in [0.5, 0.6) is 0 Å². The first kappa shape index (κ1) is 9.90. The highest BCUT2D eigenvalue weighted by Crippen LogP contribution is 2.19. The first-order valence-corrected chi connectivity index (χ1v) is 5.56. The van der Waals surface area contributed by atoms with Gasteiger partial charge in [0.25, 0.3) is 0 Å². The minimum absolute atomic E-state index is 0.795. The van der Waals surface area contributed by atoms with Crippen LogP contribution < -0.4 is 5.73 Å². The van der Waals surface area contributed by atoms with E-state index < -0.39 is 0 Å². The topological polar surface area (TPSA) is 43.8 Å². The zero-order valence-electron chi connectivity index (χ0n) is 9.38. The molecule has 17 heavy (non-hydrogen) atoms. The number of anilines is 1. The summed E-state index contributed by atoms with van der Waals surface area (Å²) in [7, 11) is 0. The maximum Gasteiger partial charge on any atom is 0.0504 e. The summed E-state index contributed by atoms with van der Waals surface area (Å²) >= 11 is 0. The fourth-order valence-electron chi connectivity index (χ4n) is 2.03. The van der Waals surface area contributed by atoms with Crippen molar-refractivity contribution in [3.8, 4) is 0 Å². The van der Waals surface area contributed by atoms with Crippen LogP contribution in [-0.2, 0) is 6.54 Å². The number of rotatable bonds is 2. The molecule has 0 amide bonds. The Labute approximate surface area is 99.5 Å². The Bertz CT molecular complexity index is 641. The largest absolute Gasteiger partial charge is 0.399 e. The van der Waals surface area contributed by atoms with Gasteiger partial charge >= 0.3 is 0 Å². The summed E-state index contributed by atoms with van der Waals surface area (Å²) in [6.45, 7) is 0.820. The van der Waals surface area contributed by atoms with E-state index in [2.05, 4.69) is 27.9 Å². The summed E-state index contributed by atoms with van der Waals surface area (Å²) in [6.07, 6.45) is 5.75. The molecule has 2 heterocycles. The molecule has 0 radical (unpaired) electrons. The van der Waals surface area contributed by atoms with Crippen LogP contribution in [0.4, 0.5) is 5.69 Å². The quantitative estimate of drug-likeness (QED) is 0.679. The number of hydrogen-bond acceptors (Lipinski definition) is 2. The van der Waals surface area contributed by atoms with E-state index in [9.17, 15) is 0 Å². The molecule has 1 aromatic carbocycles. The van der Waals surface area contributed by atoms with Crippen LogP contribution in [-0.4, -0.2) is 9.55 Å². The van der Waals surface area contributed by atoms with Gasteiger partial charge in [-0.15, -0.1) is 0 Å². The van der Waals surface area contributed by atoms with E-state index in [0.717, 1.165) is 17.7 Å². The molecule has 0 aliphatic heterocycles. The molecule has 84 valence electrons. The van der Waals surface area contributed by atoms with Crippen molar-refractivity contribution in [2.45, 2.75) is 6.54 Å². The lowest BCUT2D eigenvalue weighted by molar-refractivity contribution is 0.832. The number of aromatic nitrogens is 2. The Hall–Kier alpha value is -2.29. The molecular weight excluding hydrogens is 210 g/mol. The first-order valence-electron chi connectivity index (χ1n) is 5.56. The van der Waals surface area contributed by atoms with E-state index in [1.165, 1.54) is 10.9 Å². The second-order valence-corrected chi connectivity index (χ2v) is 4.12. The van der Waals surface area contributed by atoms with Gasteiger partial charge in [0.2, 0.25) is 0 Å². The van der Waals surface area contributed by atoms with Crippen LogP contribution in [0, 0.1) is 0 Å². The fourth-order valence-corrected chi connectivity index (χ4v) is 2.03. The fraction of sp³-hybridized carbons (Fsp3) is 0.0714. The molecule has 3 aromatic rings. The van der Waals surface area contributed by atoms with Crippen molar-refractivity contribution in [3.05, 3.63) is 60.6 Å². The summed E-state index contributed by atoms with van der Waals surface area (Å²) < 4.78 is 2.18. The number of nitrogens with two attached hydrogens (primary N) is 1. The van der Waals surface area contributed by atoms with Crippen LogP contribution in [0.15, 0.2) is 55.0 Å². The molecule has 0 aliphatic carbocycles. The molecule has 0 saturated heterocycles. The molecule has 0 aliphatic rings. The average Bonchev–Trinajstić information content (AvgIpc) is 2.73. The molecule has 0 atom stereocenters. The number of hydrogen-bond donors (Lipinski definition) is 1. The molecule has 0 bridgehead atoms. The van der Waals surface area contributed by atoms with Crippen molar-refractivity contribution in [1.29, 1.82) is 0 Å². The normalized spacial score (nSPS) is 10.8. The van der Waals surface area contributed by atoms with Crippen molar-refractivity contribution in [1.82, 2.24) is 9.55 Å². The van der Waals surface area contributed by atoms with Gasteiger partial charge in [0, 0.05) is 30.8 Å². The van der Waals surface area contributed by atoms with Gasteiger partial charge in [-0.25, -0.2) is 0 Å². The van der Waals surface area contributed by atoms with Crippen LogP contribution in [0.3, 0.4) is 0 Å². The Morgan fingerprint density at radius 2 is 2.12 bits per heavy atom. The predicted octanol–water partition coefficient (Wildman–Crippen LogP) is 2.67. The zero-order chi connectivity index (χ0) is 11.7. The monoisotopic (exact) mass is 223 g/mol. The summed E-state index contributed by atoms with van der Waals surface area (Å²) in [5, 5.41) is 1.21. The van der Waals surface area contributed by atoms with Gasteiger partial charge < -0.3 is 10.3 Å². The Kier molecular flexibility index (Phi) is 2.29. The summed E-state index contributed by atoms with van der Waals surface area (Å²) in [5.41, 5.74) is 8.96. The highest BCUT2D eigenvalue weighted by Gasteiger charge is 2.02. The van der Waals surface area contributed by atoms with Crippen LogP contribution in [0.2, 0.25) is 0 Å². The van der Waals surface area contributed by atoms with Gasteiger partial charge in [0.1, 0.15) is 0 Å². The summed E-state index contributed by atoms with van der Waals surface area (Å²) in [6, 6.07) is 12.1. The zero-order valence-corrected chi connectivity index (χ0v) is 9.38. The van der Waals surface area contributed by atoms with Crippen molar-refractivity contribution in [2.24, 2.45) is 0 Å². The minimum Gasteiger partial charge on any atom is -0.399 e. The standard InChI is InChI=1S/C14H13N3/c15-13-4-3-12-5-7-17(14(12)8-13)10-11-2-1-6-16-9-11/h1-9H,10,15H2. The minimum atomic E-state index is 0.795. The van der Waals surface area contributed by atoms with E-state index in [1.54, 1.807) is 6.20 Å². The van der Waals surface area contributed by atoms with E-state index in [-0.39, 0.29) is 0 Å². The van der Waals surface area contributed by atoms with Gasteiger partial charge in [-0.05, 0) is 35.2 Å². The predicted molar refractivity (Wildman–Crippen MR) is 69.7 cm³/mol. The molecule has 0 saturated carbocycles. The number of benzene rings is 1. The van der Waals surface area contributed by atoms with Crippen molar-refractivity contribution in [2.75, 3.05) is 5.73 Å². The second kappa shape index (κ2) is 3.94. The second-order valence-electron chi connectivity index (χ2n) is 4.12. The maximum absolute atomic E-state index is 5.82. The molecule has 2 N–H and O–H groups in total. The maximum atomic E-state index is 5.82. The summed E-state index contributed by atoms with van der Waals surface area (Å²) in [4.78, 5) is 4.12. The van der Waals surface area contributed by atoms with Crippen molar-refractivity contribution >= 4 is 16.6 Å². The number of fused-ring (bicyclic) bond motifs is 1. The lowest BCUT2D eigenvalue weighted by Gasteiger charge is -2.05. The lowest BCUT2D eigenvalue weighted by atomic mass is 10.2. The van der Waals surface area contributed by atoms with Gasteiger partial charge in [-0.3, -0.25) is 4.98 Å². The van der Waals surface area contributed by atoms with Gasteiger partial charge in [-0.1, -0.05) is 12.1 Å². The van der Waals surface area contributed by atoms with Crippen LogP contribution >= 0.6 is 0 Å². The van der Waals surface area contributed by atoms with Crippen molar-refractivity contribution in [3.63, 3.8) is 0 Å². The first-order chi connectivity index (χ1) is 8.33. The Balaban J connectivity index is 2.03. The Morgan fingerprint density at radius 3 is 2.94 bits per heavy atom. The summed E-state index contributed by atoms with van der Waals surface area (Å²) in [5.74, 6) is 0. The van der Waals surface area contributed by atoms with Crippen molar-refractivity contribution < 1.29 is 0 Å². The molecule has 0 fully saturated rings. The molecule has 2 aromatic heterocycles. The molecular formula is C14H13N3. The number of nitrogens with zero attached hydrogens (tertiary/aromatic N) is 2. The van der Waals surface area contributed by atoms with E-state index in [4.69, 9.17) is 5.73 Å². The average molecular weight is 223 g/mol. The SMILES string of the molecule is Nc1ccc2ccn(Cc3cccnc3)c2c1. The lowest BCUT2D eigenvalue weighted by Crippen LogP contribution is -1.98. The van der Waals surface area contributed by atoms with Gasteiger partial charge in [0.15, 0.2) is 0 Å². The highest BCUT2D eigenvalue weighted by molar-refractivity contribution is 5.83. The third-order valence-corrected chi connectivity index (χ3v) is 2.87. The molecule has 3 rings (SSSR count). The van der Waals surface area contributed by atoms with Gasteiger partial charge in [0.05, 0.1) is 5.52 Å². The van der Waals surface area contributed by atoms with Crippen LogP contribution in [0.1, 0.15) is 5.56 Å². The van der Waals surface area contributed by atoms with Gasteiger partial charge in [-0.2, -0.15) is 0 Å². The molecule has 3 heteroatoms. The number of pyridine rings is 1.